The second kappa shape index (κ2) is 13.8. The van der Waals surface area contributed by atoms with E-state index in [-0.39, 0.29) is 0 Å². The molecule has 4 heterocycles. The molecule has 60 heavy (non-hydrogen) atoms. The highest BCUT2D eigenvalue weighted by molar-refractivity contribution is 6.16. The van der Waals surface area contributed by atoms with Crippen LogP contribution in [0.3, 0.4) is 0 Å². The molecule has 0 aliphatic heterocycles. The second-order valence-corrected chi connectivity index (χ2v) is 15.3. The Hall–Kier alpha value is -8.08. The van der Waals surface area contributed by atoms with E-state index in [1.165, 1.54) is 43.6 Å². The van der Waals surface area contributed by atoms with Crippen molar-refractivity contribution in [3.8, 4) is 56.1 Å². The minimum Gasteiger partial charge on any atom is -0.309 e. The predicted molar refractivity (Wildman–Crippen MR) is 250 cm³/mol. The summed E-state index contributed by atoms with van der Waals surface area (Å²) < 4.78 is 4.73. The molecule has 0 aliphatic rings. The highest BCUT2D eigenvalue weighted by Crippen LogP contribution is 2.46. The maximum absolute atomic E-state index is 4.99. The first-order valence-corrected chi connectivity index (χ1v) is 20.4. The summed E-state index contributed by atoms with van der Waals surface area (Å²) >= 11 is 0. The molecule has 0 spiro atoms. The number of aromatic nitrogens is 4. The molecule has 280 valence electrons. The third-order valence-corrected chi connectivity index (χ3v) is 12.0. The lowest BCUT2D eigenvalue weighted by Gasteiger charge is -2.19. The Morgan fingerprint density at radius 1 is 0.283 bits per heavy atom. The second-order valence-electron chi connectivity index (χ2n) is 15.3. The lowest BCUT2D eigenvalue weighted by atomic mass is 9.86. The van der Waals surface area contributed by atoms with Gasteiger partial charge in [-0.05, 0) is 118 Å². The van der Waals surface area contributed by atoms with Gasteiger partial charge >= 0.3 is 0 Å². The van der Waals surface area contributed by atoms with Crippen LogP contribution < -0.4 is 0 Å². The van der Waals surface area contributed by atoms with E-state index >= 15 is 0 Å². The van der Waals surface area contributed by atoms with Crippen LogP contribution in [-0.2, 0) is 0 Å². The molecule has 0 amide bonds. The van der Waals surface area contributed by atoms with Gasteiger partial charge in [0.2, 0.25) is 0 Å². The van der Waals surface area contributed by atoms with Crippen molar-refractivity contribution in [2.24, 2.45) is 0 Å². The molecule has 12 rings (SSSR count). The fourth-order valence-electron chi connectivity index (χ4n) is 9.45. The van der Waals surface area contributed by atoms with Gasteiger partial charge in [0.25, 0.3) is 0 Å². The smallest absolute Gasteiger partial charge is 0.0714 e. The van der Waals surface area contributed by atoms with E-state index in [0.29, 0.717) is 0 Å². The predicted octanol–water partition coefficient (Wildman–Crippen LogP) is 14.5. The summed E-state index contributed by atoms with van der Waals surface area (Å²) in [5.41, 5.74) is 15.6. The Morgan fingerprint density at radius 3 is 1.12 bits per heavy atom. The average Bonchev–Trinajstić information content (AvgIpc) is 3.84. The Morgan fingerprint density at radius 2 is 0.683 bits per heavy atom. The molecule has 0 saturated carbocycles. The van der Waals surface area contributed by atoms with Crippen LogP contribution >= 0.6 is 0 Å². The Labute approximate surface area is 346 Å². The van der Waals surface area contributed by atoms with Gasteiger partial charge in [0.1, 0.15) is 0 Å². The molecule has 0 unspecified atom stereocenters. The largest absolute Gasteiger partial charge is 0.309 e. The Balaban J connectivity index is 1.10. The zero-order valence-electron chi connectivity index (χ0n) is 32.6. The van der Waals surface area contributed by atoms with Gasteiger partial charge < -0.3 is 9.13 Å². The van der Waals surface area contributed by atoms with Crippen molar-refractivity contribution in [3.63, 3.8) is 0 Å². The van der Waals surface area contributed by atoms with E-state index in [0.717, 1.165) is 66.9 Å². The van der Waals surface area contributed by atoms with Crippen molar-refractivity contribution in [1.82, 2.24) is 19.1 Å². The lowest BCUT2D eigenvalue weighted by Crippen LogP contribution is -1.95. The number of hydrogen-bond acceptors (Lipinski definition) is 2. The summed E-state index contributed by atoms with van der Waals surface area (Å²) in [6.07, 6.45) is 3.79. The van der Waals surface area contributed by atoms with E-state index in [2.05, 4.69) is 203 Å². The summed E-state index contributed by atoms with van der Waals surface area (Å²) in [7, 11) is 0. The maximum atomic E-state index is 4.99. The van der Waals surface area contributed by atoms with Crippen LogP contribution in [0.25, 0.3) is 111 Å². The number of pyridine rings is 2. The van der Waals surface area contributed by atoms with Crippen LogP contribution in [0.2, 0.25) is 0 Å². The Kier molecular flexibility index (Phi) is 7.82. The van der Waals surface area contributed by atoms with Gasteiger partial charge in [-0.1, -0.05) is 121 Å². The fraction of sp³-hybridized carbons (Fsp3) is 0. The zero-order chi connectivity index (χ0) is 39.6. The number of benzene rings is 8. The highest BCUT2D eigenvalue weighted by atomic mass is 15.0. The molecule has 8 aromatic carbocycles. The monoisotopic (exact) mass is 764 g/mol. The zero-order valence-corrected chi connectivity index (χ0v) is 32.6. The van der Waals surface area contributed by atoms with Crippen molar-refractivity contribution in [2.45, 2.75) is 0 Å². The summed E-state index contributed by atoms with van der Waals surface area (Å²) in [4.78, 5) is 9.99. The molecular weight excluding hydrogens is 729 g/mol. The minimum absolute atomic E-state index is 0.930. The lowest BCUT2D eigenvalue weighted by molar-refractivity contribution is 1.18. The summed E-state index contributed by atoms with van der Waals surface area (Å²) in [6, 6.07) is 74.0. The molecule has 4 nitrogen and oxygen atoms in total. The topological polar surface area (TPSA) is 35.6 Å². The first-order chi connectivity index (χ1) is 29.8. The average molecular weight is 765 g/mol. The van der Waals surface area contributed by atoms with Crippen molar-refractivity contribution in [1.29, 1.82) is 0 Å². The van der Waals surface area contributed by atoms with Crippen LogP contribution in [0.4, 0.5) is 0 Å². The van der Waals surface area contributed by atoms with E-state index < -0.39 is 0 Å². The molecule has 0 radical (unpaired) electrons. The van der Waals surface area contributed by atoms with Crippen LogP contribution in [0.1, 0.15) is 0 Å². The molecule has 0 aliphatic carbocycles. The van der Waals surface area contributed by atoms with Crippen LogP contribution in [0, 0.1) is 0 Å². The SMILES string of the molecule is c1ccc(-n2c3ccccc3c3cc(-c4ccc5c(-c6ccccn6)c(-c6ccc7c(c6)c6ccccc6n7-c6ccccc6)ccc5c4-c4ccccn4)ccc32)cc1. The van der Waals surface area contributed by atoms with Crippen molar-refractivity contribution in [3.05, 3.63) is 219 Å². The van der Waals surface area contributed by atoms with Gasteiger partial charge in [0, 0.05) is 56.4 Å². The first kappa shape index (κ1) is 34.0. The van der Waals surface area contributed by atoms with Gasteiger partial charge in [-0.2, -0.15) is 0 Å². The van der Waals surface area contributed by atoms with Crippen LogP contribution in [-0.4, -0.2) is 19.1 Å². The maximum Gasteiger partial charge on any atom is 0.0714 e. The van der Waals surface area contributed by atoms with Gasteiger partial charge in [-0.15, -0.1) is 0 Å². The first-order valence-electron chi connectivity index (χ1n) is 20.4. The molecule has 0 fully saturated rings. The van der Waals surface area contributed by atoms with E-state index in [1.54, 1.807) is 0 Å². The third-order valence-electron chi connectivity index (χ3n) is 12.0. The quantitative estimate of drug-likeness (QED) is 0.169. The number of nitrogens with zero attached hydrogens (tertiary/aromatic N) is 4. The standard InChI is InChI=1S/C56H36N4/c1-3-15-39(16-4-1)59-51-23-9-7-19-43(51)47-35-37(25-31-53(47)59)41-27-29-46-45(55(41)49-21-11-13-33-57-49)30-28-42(56(46)50-22-12-14-34-58-50)38-26-32-54-48(36-38)44-20-8-10-24-52(44)60(54)40-17-5-2-6-18-40/h1-36H. The molecule has 0 N–H and O–H groups in total. The van der Waals surface area contributed by atoms with E-state index in [9.17, 15) is 0 Å². The van der Waals surface area contributed by atoms with Crippen molar-refractivity contribution >= 4 is 54.4 Å². The molecule has 0 saturated heterocycles. The van der Waals surface area contributed by atoms with E-state index in [4.69, 9.17) is 9.97 Å². The van der Waals surface area contributed by atoms with Crippen LogP contribution in [0.5, 0.6) is 0 Å². The number of fused-ring (bicyclic) bond motifs is 7. The van der Waals surface area contributed by atoms with Crippen LogP contribution in [0.15, 0.2) is 219 Å². The summed E-state index contributed by atoms with van der Waals surface area (Å²) in [6.45, 7) is 0. The van der Waals surface area contributed by atoms with Gasteiger partial charge in [-0.25, -0.2) is 0 Å². The molecular formula is C56H36N4. The van der Waals surface area contributed by atoms with Crippen molar-refractivity contribution in [2.75, 3.05) is 0 Å². The number of para-hydroxylation sites is 4. The molecule has 0 bridgehead atoms. The molecule has 0 atom stereocenters. The molecule has 4 heteroatoms. The third kappa shape index (κ3) is 5.32. The van der Waals surface area contributed by atoms with Gasteiger partial charge in [0.15, 0.2) is 0 Å². The Bertz CT molecular complexity index is 3330. The molecule has 4 aromatic heterocycles. The highest BCUT2D eigenvalue weighted by Gasteiger charge is 2.22. The number of rotatable bonds is 6. The summed E-state index contributed by atoms with van der Waals surface area (Å²) in [5, 5.41) is 7.14. The van der Waals surface area contributed by atoms with Gasteiger partial charge in [-0.3, -0.25) is 9.97 Å². The normalized spacial score (nSPS) is 11.7. The van der Waals surface area contributed by atoms with Gasteiger partial charge in [0.05, 0.1) is 33.5 Å². The minimum atomic E-state index is 0.930. The number of hydrogen-bond donors (Lipinski definition) is 0. The summed E-state index contributed by atoms with van der Waals surface area (Å²) in [5.74, 6) is 0. The van der Waals surface area contributed by atoms with Crippen molar-refractivity contribution < 1.29 is 0 Å². The fourth-order valence-corrected chi connectivity index (χ4v) is 9.45. The molecule has 12 aromatic rings. The van der Waals surface area contributed by atoms with E-state index in [1.807, 2.05) is 24.5 Å².